The van der Waals surface area contributed by atoms with E-state index in [2.05, 4.69) is 0 Å². The number of carbonyl (C=O) groups is 1. The van der Waals surface area contributed by atoms with Crippen molar-refractivity contribution in [1.29, 1.82) is 0 Å². The molecule has 0 spiro atoms. The maximum atomic E-state index is 11.9. The molecule has 0 aromatic heterocycles. The molecule has 1 aliphatic heterocycles. The molecule has 1 aliphatic rings. The van der Waals surface area contributed by atoms with Crippen molar-refractivity contribution in [2.75, 3.05) is 19.2 Å². The standard InChI is InChI=1S/C11H9F3O4S/c12-11(13,14)19-2-1-16-8-4-10-9(17-6-18-10)3-7(8)5-15/h3-5H,1-2,6H2. The number of hydrogen-bond acceptors (Lipinski definition) is 5. The third-order valence-electron chi connectivity index (χ3n) is 2.24. The van der Waals surface area contributed by atoms with Crippen LogP contribution in [0, 0.1) is 0 Å². The number of alkyl halides is 3. The average Bonchev–Trinajstić information content (AvgIpc) is 2.79. The zero-order valence-corrected chi connectivity index (χ0v) is 10.3. The maximum Gasteiger partial charge on any atom is 0.441 e. The number of aldehydes is 1. The summed E-state index contributed by atoms with van der Waals surface area (Å²) in [5.41, 5.74) is -4.08. The van der Waals surface area contributed by atoms with E-state index in [0.717, 1.165) is 0 Å². The molecule has 0 saturated heterocycles. The van der Waals surface area contributed by atoms with Crippen LogP contribution in [0.5, 0.6) is 17.2 Å². The second kappa shape index (κ2) is 5.60. The summed E-state index contributed by atoms with van der Waals surface area (Å²) in [4.78, 5) is 10.9. The Balaban J connectivity index is 1.98. The number of fused-ring (bicyclic) bond motifs is 1. The lowest BCUT2D eigenvalue weighted by atomic mass is 10.2. The van der Waals surface area contributed by atoms with E-state index in [1.807, 2.05) is 0 Å². The van der Waals surface area contributed by atoms with E-state index in [1.54, 1.807) is 0 Å². The smallest absolute Gasteiger partial charge is 0.441 e. The second-order valence-corrected chi connectivity index (χ2v) is 4.66. The van der Waals surface area contributed by atoms with Crippen LogP contribution >= 0.6 is 11.8 Å². The van der Waals surface area contributed by atoms with Crippen LogP contribution in [0.25, 0.3) is 0 Å². The van der Waals surface area contributed by atoms with E-state index in [-0.39, 0.29) is 42.2 Å². The zero-order chi connectivity index (χ0) is 13.9. The Morgan fingerprint density at radius 2 is 2.00 bits per heavy atom. The zero-order valence-electron chi connectivity index (χ0n) is 9.53. The van der Waals surface area contributed by atoms with Gasteiger partial charge in [0, 0.05) is 11.8 Å². The molecule has 0 unspecified atom stereocenters. The molecule has 1 aromatic carbocycles. The Hall–Kier alpha value is -1.57. The Morgan fingerprint density at radius 3 is 2.63 bits per heavy atom. The minimum atomic E-state index is -4.29. The van der Waals surface area contributed by atoms with Crippen LogP contribution in [0.3, 0.4) is 0 Å². The second-order valence-electron chi connectivity index (χ2n) is 3.50. The molecular formula is C11H9F3O4S. The van der Waals surface area contributed by atoms with Gasteiger partial charge in [0.2, 0.25) is 6.79 Å². The topological polar surface area (TPSA) is 44.8 Å². The van der Waals surface area contributed by atoms with Gasteiger partial charge in [-0.15, -0.1) is 0 Å². The summed E-state index contributed by atoms with van der Waals surface area (Å²) in [6.07, 6.45) is 0.550. The third-order valence-corrected chi connectivity index (χ3v) is 2.94. The average molecular weight is 294 g/mol. The van der Waals surface area contributed by atoms with Crippen LogP contribution in [-0.4, -0.2) is 30.9 Å². The summed E-state index contributed by atoms with van der Waals surface area (Å²) in [6, 6.07) is 2.87. The fourth-order valence-electron chi connectivity index (χ4n) is 1.47. The van der Waals surface area contributed by atoms with Crippen LogP contribution in [0.2, 0.25) is 0 Å². The monoisotopic (exact) mass is 294 g/mol. The molecule has 0 fully saturated rings. The van der Waals surface area contributed by atoms with E-state index in [4.69, 9.17) is 14.2 Å². The Kier molecular flexibility index (Phi) is 4.08. The van der Waals surface area contributed by atoms with Crippen LogP contribution < -0.4 is 14.2 Å². The maximum absolute atomic E-state index is 11.9. The number of benzene rings is 1. The highest BCUT2D eigenvalue weighted by Gasteiger charge is 2.27. The van der Waals surface area contributed by atoms with Crippen molar-refractivity contribution in [2.24, 2.45) is 0 Å². The van der Waals surface area contributed by atoms with Gasteiger partial charge in [-0.3, -0.25) is 4.79 Å². The van der Waals surface area contributed by atoms with Gasteiger partial charge in [0.05, 0.1) is 12.2 Å². The summed E-state index contributed by atoms with van der Waals surface area (Å²) in [5, 5.41) is 0. The van der Waals surface area contributed by atoms with E-state index < -0.39 is 5.51 Å². The molecule has 1 aromatic rings. The lowest BCUT2D eigenvalue weighted by Gasteiger charge is -2.10. The van der Waals surface area contributed by atoms with Gasteiger partial charge in [-0.1, -0.05) is 0 Å². The van der Waals surface area contributed by atoms with Crippen molar-refractivity contribution >= 4 is 18.0 Å². The molecule has 0 bridgehead atoms. The summed E-state index contributed by atoms with van der Waals surface area (Å²) in [7, 11) is 0. The molecule has 1 heterocycles. The van der Waals surface area contributed by atoms with E-state index in [9.17, 15) is 18.0 Å². The first-order valence-electron chi connectivity index (χ1n) is 5.22. The number of thioether (sulfide) groups is 1. The quantitative estimate of drug-likeness (QED) is 0.617. The van der Waals surface area contributed by atoms with E-state index >= 15 is 0 Å². The molecule has 4 nitrogen and oxygen atoms in total. The first-order valence-corrected chi connectivity index (χ1v) is 6.20. The van der Waals surface area contributed by atoms with Crippen molar-refractivity contribution in [3.8, 4) is 17.2 Å². The highest BCUT2D eigenvalue weighted by atomic mass is 32.2. The fraction of sp³-hybridized carbons (Fsp3) is 0.364. The minimum absolute atomic E-state index is 0.0427. The fourth-order valence-corrected chi connectivity index (χ4v) is 1.86. The van der Waals surface area contributed by atoms with Crippen LogP contribution in [0.4, 0.5) is 13.2 Å². The van der Waals surface area contributed by atoms with Crippen molar-refractivity contribution in [2.45, 2.75) is 5.51 Å². The largest absolute Gasteiger partial charge is 0.492 e. The molecule has 2 rings (SSSR count). The molecular weight excluding hydrogens is 285 g/mol. The predicted octanol–water partition coefficient (Wildman–Crippen LogP) is 2.86. The third kappa shape index (κ3) is 3.69. The number of halogens is 3. The number of ether oxygens (including phenoxy) is 3. The van der Waals surface area contributed by atoms with Crippen molar-refractivity contribution in [3.05, 3.63) is 17.7 Å². The first-order chi connectivity index (χ1) is 8.99. The van der Waals surface area contributed by atoms with E-state index in [0.29, 0.717) is 17.8 Å². The lowest BCUT2D eigenvalue weighted by molar-refractivity contribution is -0.0329. The Bertz CT molecular complexity index is 476. The molecule has 0 aliphatic carbocycles. The van der Waals surface area contributed by atoms with Crippen LogP contribution in [0.1, 0.15) is 10.4 Å². The predicted molar refractivity (Wildman–Crippen MR) is 62.0 cm³/mol. The van der Waals surface area contributed by atoms with Crippen LogP contribution in [-0.2, 0) is 0 Å². The number of rotatable bonds is 5. The van der Waals surface area contributed by atoms with Gasteiger partial charge < -0.3 is 14.2 Å². The lowest BCUT2D eigenvalue weighted by Crippen LogP contribution is -2.08. The van der Waals surface area contributed by atoms with E-state index in [1.165, 1.54) is 12.1 Å². The normalized spacial score (nSPS) is 13.4. The van der Waals surface area contributed by atoms with Gasteiger partial charge in [0.25, 0.3) is 0 Å². The SMILES string of the molecule is O=Cc1cc2c(cc1OCCSC(F)(F)F)OCO2. The summed E-state index contributed by atoms with van der Waals surface area (Å²) in [6.45, 7) is -0.119. The summed E-state index contributed by atoms with van der Waals surface area (Å²) in [5.74, 6) is 0.751. The first kappa shape index (κ1) is 13.9. The molecule has 0 radical (unpaired) electrons. The summed E-state index contributed by atoms with van der Waals surface area (Å²) < 4.78 is 51.1. The molecule has 0 atom stereocenters. The molecule has 0 saturated carbocycles. The molecule has 19 heavy (non-hydrogen) atoms. The number of hydrogen-bond donors (Lipinski definition) is 0. The van der Waals surface area contributed by atoms with Gasteiger partial charge in [-0.25, -0.2) is 0 Å². The Labute approximate surface area is 110 Å². The molecule has 0 amide bonds. The van der Waals surface area contributed by atoms with Crippen LogP contribution in [0.15, 0.2) is 12.1 Å². The Morgan fingerprint density at radius 1 is 1.32 bits per heavy atom. The van der Waals surface area contributed by atoms with Gasteiger partial charge in [-0.05, 0) is 17.8 Å². The highest BCUT2D eigenvalue weighted by Crippen LogP contribution is 2.37. The van der Waals surface area contributed by atoms with Gasteiger partial charge >= 0.3 is 5.51 Å². The summed E-state index contributed by atoms with van der Waals surface area (Å²) >= 11 is -0.178. The van der Waals surface area contributed by atoms with Crippen molar-refractivity contribution in [3.63, 3.8) is 0 Å². The van der Waals surface area contributed by atoms with Crippen molar-refractivity contribution in [1.82, 2.24) is 0 Å². The molecule has 104 valence electrons. The minimum Gasteiger partial charge on any atom is -0.492 e. The van der Waals surface area contributed by atoms with Gasteiger partial charge in [-0.2, -0.15) is 13.2 Å². The van der Waals surface area contributed by atoms with Crippen molar-refractivity contribution < 1.29 is 32.2 Å². The molecule has 0 N–H and O–H groups in total. The molecule has 8 heteroatoms. The van der Waals surface area contributed by atoms with Gasteiger partial charge in [0.15, 0.2) is 17.8 Å². The number of carbonyl (C=O) groups excluding carboxylic acids is 1. The van der Waals surface area contributed by atoms with Gasteiger partial charge in [0.1, 0.15) is 5.75 Å². The highest BCUT2D eigenvalue weighted by molar-refractivity contribution is 8.00.